The lowest BCUT2D eigenvalue weighted by Gasteiger charge is -2.37. The minimum absolute atomic E-state index is 0.0458. The van der Waals surface area contributed by atoms with Gasteiger partial charge >= 0.3 is 6.09 Å². The molecule has 1 heterocycles. The van der Waals surface area contributed by atoms with Crippen LogP contribution in [0.5, 0.6) is 0 Å². The van der Waals surface area contributed by atoms with E-state index in [1.807, 2.05) is 0 Å². The van der Waals surface area contributed by atoms with Crippen LogP contribution in [0.25, 0.3) is 0 Å². The number of hydrogen-bond acceptors (Lipinski definition) is 4. The van der Waals surface area contributed by atoms with E-state index in [-0.39, 0.29) is 12.0 Å². The predicted octanol–water partition coefficient (Wildman–Crippen LogP) is 0.169. The number of amides is 2. The Morgan fingerprint density at radius 2 is 1.56 bits per heavy atom. The summed E-state index contributed by atoms with van der Waals surface area (Å²) < 4.78 is 4.66. The molecule has 1 aliphatic carbocycles. The lowest BCUT2D eigenvalue weighted by Crippen LogP contribution is -2.59. The van der Waals surface area contributed by atoms with Crippen molar-refractivity contribution < 1.29 is 14.3 Å². The first-order valence-electron chi connectivity index (χ1n) is 6.48. The van der Waals surface area contributed by atoms with E-state index in [1.54, 1.807) is 9.80 Å². The van der Waals surface area contributed by atoms with Crippen molar-refractivity contribution in [1.82, 2.24) is 9.80 Å². The highest BCUT2D eigenvalue weighted by atomic mass is 16.5. The average Bonchev–Trinajstić information content (AvgIpc) is 2.85. The Labute approximate surface area is 107 Å². The molecule has 0 aromatic rings. The molecule has 2 fully saturated rings. The molecular weight excluding hydrogens is 234 g/mol. The number of carbonyl (C=O) groups is 2. The molecule has 2 aliphatic rings. The fourth-order valence-electron chi connectivity index (χ4n) is 2.76. The zero-order valence-corrected chi connectivity index (χ0v) is 10.9. The van der Waals surface area contributed by atoms with Crippen LogP contribution in [0.4, 0.5) is 4.79 Å². The Bertz CT molecular complexity index is 331. The van der Waals surface area contributed by atoms with Crippen molar-refractivity contribution >= 4 is 12.0 Å². The van der Waals surface area contributed by atoms with Crippen LogP contribution in [0.2, 0.25) is 0 Å². The van der Waals surface area contributed by atoms with Crippen LogP contribution in [0.15, 0.2) is 0 Å². The normalized spacial score (nSPS) is 23.0. The average molecular weight is 255 g/mol. The van der Waals surface area contributed by atoms with Gasteiger partial charge in [-0.3, -0.25) is 4.79 Å². The van der Waals surface area contributed by atoms with Crippen molar-refractivity contribution in [3.05, 3.63) is 0 Å². The fraction of sp³-hybridized carbons (Fsp3) is 0.833. The zero-order chi connectivity index (χ0) is 13.2. The van der Waals surface area contributed by atoms with Gasteiger partial charge in [0.15, 0.2) is 0 Å². The van der Waals surface area contributed by atoms with E-state index in [0.717, 1.165) is 25.7 Å². The standard InChI is InChI=1S/C12H21N3O3/c1-18-11(17)15-8-6-14(7-9-15)10(16)12(13)4-2-3-5-12/h2-9,13H2,1H3. The Morgan fingerprint density at radius 3 is 2.06 bits per heavy atom. The molecule has 0 unspecified atom stereocenters. The first-order chi connectivity index (χ1) is 8.57. The third kappa shape index (κ3) is 2.43. The molecule has 6 nitrogen and oxygen atoms in total. The summed E-state index contributed by atoms with van der Waals surface area (Å²) in [5.41, 5.74) is 5.50. The molecule has 1 aliphatic heterocycles. The molecule has 2 N–H and O–H groups in total. The molecule has 0 radical (unpaired) electrons. The van der Waals surface area contributed by atoms with Gasteiger partial charge in [-0.15, -0.1) is 0 Å². The molecule has 0 spiro atoms. The van der Waals surface area contributed by atoms with E-state index in [9.17, 15) is 9.59 Å². The summed E-state index contributed by atoms with van der Waals surface area (Å²) in [6.45, 7) is 2.14. The molecule has 0 atom stereocenters. The van der Waals surface area contributed by atoms with E-state index in [0.29, 0.717) is 26.2 Å². The first-order valence-corrected chi connectivity index (χ1v) is 6.48. The van der Waals surface area contributed by atoms with E-state index in [2.05, 4.69) is 4.74 Å². The van der Waals surface area contributed by atoms with Crippen LogP contribution in [0.3, 0.4) is 0 Å². The van der Waals surface area contributed by atoms with Gasteiger partial charge in [-0.1, -0.05) is 12.8 Å². The maximum atomic E-state index is 12.3. The van der Waals surface area contributed by atoms with Crippen LogP contribution in [-0.4, -0.2) is 60.6 Å². The Morgan fingerprint density at radius 1 is 1.06 bits per heavy atom. The van der Waals surface area contributed by atoms with E-state index >= 15 is 0 Å². The number of nitrogens with two attached hydrogens (primary N) is 1. The van der Waals surface area contributed by atoms with E-state index in [1.165, 1.54) is 7.11 Å². The summed E-state index contributed by atoms with van der Waals surface area (Å²) in [5.74, 6) is 0.0458. The topological polar surface area (TPSA) is 75.9 Å². The van der Waals surface area contributed by atoms with Gasteiger partial charge in [0.05, 0.1) is 12.6 Å². The highest BCUT2D eigenvalue weighted by molar-refractivity contribution is 5.86. The number of piperazine rings is 1. The summed E-state index contributed by atoms with van der Waals surface area (Å²) in [7, 11) is 1.37. The summed E-state index contributed by atoms with van der Waals surface area (Å²) >= 11 is 0. The van der Waals surface area contributed by atoms with Crippen LogP contribution < -0.4 is 5.73 Å². The van der Waals surface area contributed by atoms with Gasteiger partial charge in [-0.05, 0) is 12.8 Å². The van der Waals surface area contributed by atoms with Gasteiger partial charge in [0.25, 0.3) is 0 Å². The smallest absolute Gasteiger partial charge is 0.409 e. The molecule has 0 aromatic heterocycles. The van der Waals surface area contributed by atoms with Crippen molar-refractivity contribution in [2.75, 3.05) is 33.3 Å². The second-order valence-corrected chi connectivity index (χ2v) is 5.11. The van der Waals surface area contributed by atoms with Crippen molar-refractivity contribution in [2.45, 2.75) is 31.2 Å². The van der Waals surface area contributed by atoms with Gasteiger partial charge < -0.3 is 20.3 Å². The number of rotatable bonds is 1. The van der Waals surface area contributed by atoms with Crippen LogP contribution in [0.1, 0.15) is 25.7 Å². The van der Waals surface area contributed by atoms with Gasteiger partial charge in [-0.2, -0.15) is 0 Å². The molecule has 102 valence electrons. The third-order valence-electron chi connectivity index (χ3n) is 3.92. The largest absolute Gasteiger partial charge is 0.453 e. The molecule has 0 aromatic carbocycles. The van der Waals surface area contributed by atoms with Crippen molar-refractivity contribution in [1.29, 1.82) is 0 Å². The number of carbonyl (C=O) groups excluding carboxylic acids is 2. The second-order valence-electron chi connectivity index (χ2n) is 5.11. The zero-order valence-electron chi connectivity index (χ0n) is 10.9. The number of methoxy groups -OCH3 is 1. The first kappa shape index (κ1) is 13.1. The minimum Gasteiger partial charge on any atom is -0.453 e. The van der Waals surface area contributed by atoms with Gasteiger partial charge in [-0.25, -0.2) is 4.79 Å². The minimum atomic E-state index is -0.659. The van der Waals surface area contributed by atoms with Crippen molar-refractivity contribution in [2.24, 2.45) is 5.73 Å². The van der Waals surface area contributed by atoms with Gasteiger partial charge in [0.2, 0.25) is 5.91 Å². The van der Waals surface area contributed by atoms with Gasteiger partial charge in [0, 0.05) is 26.2 Å². The lowest BCUT2D eigenvalue weighted by molar-refractivity contribution is -0.138. The molecule has 6 heteroatoms. The molecule has 1 saturated carbocycles. The fourth-order valence-corrected chi connectivity index (χ4v) is 2.76. The van der Waals surface area contributed by atoms with Crippen molar-refractivity contribution in [3.8, 4) is 0 Å². The van der Waals surface area contributed by atoms with Crippen LogP contribution in [0, 0.1) is 0 Å². The molecule has 2 rings (SSSR count). The number of nitrogens with zero attached hydrogens (tertiary/aromatic N) is 2. The Hall–Kier alpha value is -1.30. The summed E-state index contributed by atoms with van der Waals surface area (Å²) in [6.07, 6.45) is 3.30. The summed E-state index contributed by atoms with van der Waals surface area (Å²) in [5, 5.41) is 0. The maximum absolute atomic E-state index is 12.3. The molecule has 2 amide bonds. The molecule has 18 heavy (non-hydrogen) atoms. The molecule has 0 bridgehead atoms. The van der Waals surface area contributed by atoms with Crippen LogP contribution in [-0.2, 0) is 9.53 Å². The molecule has 1 saturated heterocycles. The second kappa shape index (κ2) is 5.14. The van der Waals surface area contributed by atoms with E-state index in [4.69, 9.17) is 5.73 Å². The quantitative estimate of drug-likeness (QED) is 0.724. The Kier molecular flexibility index (Phi) is 3.75. The summed E-state index contributed by atoms with van der Waals surface area (Å²) in [6, 6.07) is 0. The van der Waals surface area contributed by atoms with Crippen LogP contribution >= 0.6 is 0 Å². The summed E-state index contributed by atoms with van der Waals surface area (Å²) in [4.78, 5) is 27.1. The lowest BCUT2D eigenvalue weighted by atomic mass is 9.97. The monoisotopic (exact) mass is 255 g/mol. The SMILES string of the molecule is COC(=O)N1CCN(C(=O)C2(N)CCCC2)CC1. The number of ether oxygens (including phenoxy) is 1. The predicted molar refractivity (Wildman–Crippen MR) is 65.9 cm³/mol. The Balaban J connectivity index is 1.89. The van der Waals surface area contributed by atoms with Crippen molar-refractivity contribution in [3.63, 3.8) is 0 Å². The highest BCUT2D eigenvalue weighted by Gasteiger charge is 2.40. The van der Waals surface area contributed by atoms with Gasteiger partial charge in [0.1, 0.15) is 0 Å². The molecular formula is C12H21N3O3. The van der Waals surface area contributed by atoms with E-state index < -0.39 is 5.54 Å². The maximum Gasteiger partial charge on any atom is 0.409 e. The third-order valence-corrected chi connectivity index (χ3v) is 3.92. The highest BCUT2D eigenvalue weighted by Crippen LogP contribution is 2.29. The number of hydrogen-bond donors (Lipinski definition) is 1.